The monoisotopic (exact) mass is 306 g/mol. The number of hydrogen-bond donors (Lipinski definition) is 3. The molecule has 0 heterocycles. The summed E-state index contributed by atoms with van der Waals surface area (Å²) in [5, 5.41) is 14.8. The van der Waals surface area contributed by atoms with Gasteiger partial charge in [0.15, 0.2) is 0 Å². The average Bonchev–Trinajstić information content (AvgIpc) is 2.37. The predicted octanol–water partition coefficient (Wildman–Crippen LogP) is 1.95. The molecule has 1 aliphatic carbocycles. The van der Waals surface area contributed by atoms with Crippen LogP contribution in [0.15, 0.2) is 0 Å². The van der Waals surface area contributed by atoms with Crippen LogP contribution in [0.2, 0.25) is 0 Å². The van der Waals surface area contributed by atoms with Gasteiger partial charge in [-0.1, -0.05) is 33.1 Å². The third kappa shape index (κ3) is 6.57. The Labute approximate surface area is 127 Å². The number of carbonyl (C=O) groups excluding carboxylic acids is 1. The first-order valence-corrected chi connectivity index (χ1v) is 7.30. The normalized spacial score (nSPS) is 23.5. The minimum atomic E-state index is -0.888. The number of amides is 1. The molecule has 0 spiro atoms. The maximum Gasteiger partial charge on any atom is 0.320 e. The van der Waals surface area contributed by atoms with E-state index < -0.39 is 12.0 Å². The van der Waals surface area contributed by atoms with Gasteiger partial charge in [0.25, 0.3) is 0 Å². The molecule has 1 fully saturated rings. The van der Waals surface area contributed by atoms with E-state index in [4.69, 9.17) is 5.11 Å². The Morgan fingerprint density at radius 1 is 1.30 bits per heavy atom. The van der Waals surface area contributed by atoms with Gasteiger partial charge < -0.3 is 10.4 Å². The van der Waals surface area contributed by atoms with E-state index in [2.05, 4.69) is 17.6 Å². The Bertz CT molecular complexity index is 313. The van der Waals surface area contributed by atoms with Crippen molar-refractivity contribution >= 4 is 24.3 Å². The molecule has 0 aliphatic heterocycles. The van der Waals surface area contributed by atoms with E-state index in [1.165, 1.54) is 6.42 Å². The van der Waals surface area contributed by atoms with E-state index in [-0.39, 0.29) is 30.9 Å². The number of carbonyl (C=O) groups is 2. The first kappa shape index (κ1) is 19.2. The molecule has 6 heteroatoms. The van der Waals surface area contributed by atoms with Gasteiger partial charge >= 0.3 is 5.97 Å². The third-order valence-corrected chi connectivity index (χ3v) is 3.84. The van der Waals surface area contributed by atoms with Crippen molar-refractivity contribution < 1.29 is 14.7 Å². The minimum absolute atomic E-state index is 0. The number of hydrogen-bond acceptors (Lipinski definition) is 3. The van der Waals surface area contributed by atoms with Gasteiger partial charge in [0.2, 0.25) is 5.91 Å². The molecule has 1 aliphatic rings. The molecule has 0 aromatic heterocycles. The fourth-order valence-electron chi connectivity index (χ4n) is 2.61. The van der Waals surface area contributed by atoms with E-state index in [0.29, 0.717) is 12.3 Å². The van der Waals surface area contributed by atoms with Crippen LogP contribution in [0.4, 0.5) is 0 Å². The van der Waals surface area contributed by atoms with Crippen LogP contribution in [-0.4, -0.2) is 35.6 Å². The van der Waals surface area contributed by atoms with Gasteiger partial charge in [-0.2, -0.15) is 0 Å². The van der Waals surface area contributed by atoms with E-state index in [0.717, 1.165) is 25.7 Å². The van der Waals surface area contributed by atoms with E-state index >= 15 is 0 Å². The maximum atomic E-state index is 11.8. The molecule has 3 unspecified atom stereocenters. The number of rotatable bonds is 7. The molecule has 3 N–H and O–H groups in total. The molecule has 0 radical (unpaired) electrons. The molecule has 1 amide bonds. The van der Waals surface area contributed by atoms with Crippen LogP contribution in [0.3, 0.4) is 0 Å². The van der Waals surface area contributed by atoms with Crippen molar-refractivity contribution in [1.29, 1.82) is 0 Å². The fraction of sp³-hybridized carbons (Fsp3) is 0.857. The lowest BCUT2D eigenvalue weighted by molar-refractivity contribution is -0.139. The quantitative estimate of drug-likeness (QED) is 0.672. The number of halogens is 1. The summed E-state index contributed by atoms with van der Waals surface area (Å²) in [6.45, 7) is 4.18. The molecular formula is C14H27ClN2O3. The lowest BCUT2D eigenvalue weighted by Gasteiger charge is -2.29. The topological polar surface area (TPSA) is 78.4 Å². The molecule has 3 atom stereocenters. The summed E-state index contributed by atoms with van der Waals surface area (Å²) in [7, 11) is 0. The molecule has 0 aromatic rings. The number of carboxylic acids is 1. The van der Waals surface area contributed by atoms with Crippen molar-refractivity contribution in [2.75, 3.05) is 6.54 Å². The SMILES string of the molecule is CCCC(NCC(=O)NC1CCCCC1C)C(=O)O.Cl. The maximum absolute atomic E-state index is 11.8. The zero-order chi connectivity index (χ0) is 14.3. The second-order valence-electron chi connectivity index (χ2n) is 5.50. The summed E-state index contributed by atoms with van der Waals surface area (Å²) in [6.07, 6.45) is 5.92. The highest BCUT2D eigenvalue weighted by atomic mass is 35.5. The molecule has 0 saturated heterocycles. The van der Waals surface area contributed by atoms with Crippen LogP contribution in [-0.2, 0) is 9.59 Å². The van der Waals surface area contributed by atoms with Crippen LogP contribution in [0.1, 0.15) is 52.4 Å². The third-order valence-electron chi connectivity index (χ3n) is 3.84. The van der Waals surface area contributed by atoms with Crippen LogP contribution in [0.5, 0.6) is 0 Å². The van der Waals surface area contributed by atoms with Gasteiger partial charge in [0.05, 0.1) is 6.54 Å². The zero-order valence-electron chi connectivity index (χ0n) is 12.4. The Balaban J connectivity index is 0.00000361. The Hall–Kier alpha value is -0.810. The van der Waals surface area contributed by atoms with Crippen molar-refractivity contribution in [3.8, 4) is 0 Å². The van der Waals surface area contributed by atoms with Gasteiger partial charge in [-0.15, -0.1) is 12.4 Å². The largest absolute Gasteiger partial charge is 0.480 e. The Morgan fingerprint density at radius 3 is 2.50 bits per heavy atom. The first-order valence-electron chi connectivity index (χ1n) is 7.30. The van der Waals surface area contributed by atoms with Crippen LogP contribution < -0.4 is 10.6 Å². The smallest absolute Gasteiger partial charge is 0.320 e. The van der Waals surface area contributed by atoms with Crippen LogP contribution in [0.25, 0.3) is 0 Å². The summed E-state index contributed by atoms with van der Waals surface area (Å²) in [6, 6.07) is -0.378. The number of nitrogens with one attached hydrogen (secondary N) is 2. The number of carboxylic acid groups (broad SMARTS) is 1. The van der Waals surface area contributed by atoms with Gasteiger partial charge in [-0.25, -0.2) is 0 Å². The molecule has 0 aromatic carbocycles. The van der Waals surface area contributed by atoms with E-state index in [9.17, 15) is 9.59 Å². The molecule has 0 bridgehead atoms. The van der Waals surface area contributed by atoms with Crippen molar-refractivity contribution in [2.45, 2.75) is 64.5 Å². The lowest BCUT2D eigenvalue weighted by Crippen LogP contribution is -2.47. The molecule has 118 valence electrons. The van der Waals surface area contributed by atoms with E-state index in [1.54, 1.807) is 0 Å². The Morgan fingerprint density at radius 2 is 1.95 bits per heavy atom. The second kappa shape index (κ2) is 10.00. The van der Waals surface area contributed by atoms with Crippen molar-refractivity contribution in [1.82, 2.24) is 10.6 Å². The summed E-state index contributed by atoms with van der Waals surface area (Å²) in [4.78, 5) is 22.8. The summed E-state index contributed by atoms with van der Waals surface area (Å²) in [5.41, 5.74) is 0. The van der Waals surface area contributed by atoms with Gasteiger partial charge in [0.1, 0.15) is 6.04 Å². The van der Waals surface area contributed by atoms with Gasteiger partial charge in [0, 0.05) is 6.04 Å². The minimum Gasteiger partial charge on any atom is -0.480 e. The van der Waals surface area contributed by atoms with E-state index in [1.807, 2.05) is 6.92 Å². The standard InChI is InChI=1S/C14H26N2O3.ClH/c1-3-6-12(14(18)19)15-9-13(17)16-11-8-5-4-7-10(11)2;/h10-12,15H,3-9H2,1-2H3,(H,16,17)(H,18,19);1H. The van der Waals surface area contributed by atoms with Gasteiger partial charge in [-0.3, -0.25) is 14.9 Å². The van der Waals surface area contributed by atoms with Crippen LogP contribution >= 0.6 is 12.4 Å². The summed E-state index contributed by atoms with van der Waals surface area (Å²) < 4.78 is 0. The zero-order valence-corrected chi connectivity index (χ0v) is 13.2. The fourth-order valence-corrected chi connectivity index (χ4v) is 2.61. The predicted molar refractivity (Wildman–Crippen MR) is 81.1 cm³/mol. The highest BCUT2D eigenvalue weighted by Crippen LogP contribution is 2.23. The summed E-state index contributed by atoms with van der Waals surface area (Å²) >= 11 is 0. The molecule has 1 saturated carbocycles. The number of aliphatic carboxylic acids is 1. The molecular weight excluding hydrogens is 280 g/mol. The van der Waals surface area contributed by atoms with Crippen molar-refractivity contribution in [3.63, 3.8) is 0 Å². The molecule has 5 nitrogen and oxygen atoms in total. The Kier molecular flexibility index (Phi) is 9.59. The highest BCUT2D eigenvalue weighted by molar-refractivity contribution is 5.85. The van der Waals surface area contributed by atoms with Crippen molar-refractivity contribution in [2.24, 2.45) is 5.92 Å². The van der Waals surface area contributed by atoms with Crippen molar-refractivity contribution in [3.05, 3.63) is 0 Å². The highest BCUT2D eigenvalue weighted by Gasteiger charge is 2.23. The average molecular weight is 307 g/mol. The first-order chi connectivity index (χ1) is 9.04. The lowest BCUT2D eigenvalue weighted by atomic mass is 9.86. The molecule has 1 rings (SSSR count). The van der Waals surface area contributed by atoms with Crippen LogP contribution in [0, 0.1) is 5.92 Å². The second-order valence-corrected chi connectivity index (χ2v) is 5.50. The summed E-state index contributed by atoms with van der Waals surface area (Å²) in [5.74, 6) is -0.467. The molecule has 20 heavy (non-hydrogen) atoms. The van der Waals surface area contributed by atoms with Gasteiger partial charge in [-0.05, 0) is 25.2 Å².